The van der Waals surface area contributed by atoms with E-state index in [2.05, 4.69) is 17.4 Å². The molecule has 0 spiro atoms. The van der Waals surface area contributed by atoms with Crippen molar-refractivity contribution in [2.45, 2.75) is 44.7 Å². The van der Waals surface area contributed by atoms with Crippen LogP contribution in [-0.4, -0.2) is 65.9 Å². The fourth-order valence-corrected chi connectivity index (χ4v) is 5.05. The Hall–Kier alpha value is -3.39. The molecule has 2 atom stereocenters. The molecular weight excluding hydrogens is 448 g/mol. The summed E-state index contributed by atoms with van der Waals surface area (Å²) in [5.41, 5.74) is 3.19. The minimum Gasteiger partial charge on any atom is -0.481 e. The van der Waals surface area contributed by atoms with Gasteiger partial charge in [-0.1, -0.05) is 55.5 Å². The predicted molar refractivity (Wildman–Crippen MR) is 130 cm³/mol. The van der Waals surface area contributed by atoms with Crippen LogP contribution in [-0.2, 0) is 19.1 Å². The molecule has 2 aliphatic rings. The first-order valence-electron chi connectivity index (χ1n) is 12.0. The smallest absolute Gasteiger partial charge is 0.408 e. The summed E-state index contributed by atoms with van der Waals surface area (Å²) in [6, 6.07) is 15.6. The molecule has 0 aromatic heterocycles. The van der Waals surface area contributed by atoms with E-state index in [9.17, 15) is 19.5 Å². The second-order valence-electron chi connectivity index (χ2n) is 9.62. The van der Waals surface area contributed by atoms with E-state index < -0.39 is 29.6 Å². The summed E-state index contributed by atoms with van der Waals surface area (Å²) in [4.78, 5) is 39.4. The first-order chi connectivity index (χ1) is 16.7. The van der Waals surface area contributed by atoms with Crippen LogP contribution in [0.25, 0.3) is 11.1 Å². The van der Waals surface area contributed by atoms with Gasteiger partial charge >= 0.3 is 12.1 Å². The molecule has 4 rings (SSSR count). The van der Waals surface area contributed by atoms with Crippen molar-refractivity contribution < 1.29 is 29.0 Å². The summed E-state index contributed by atoms with van der Waals surface area (Å²) >= 11 is 0. The zero-order chi connectivity index (χ0) is 25.2. The molecule has 8 heteroatoms. The highest BCUT2D eigenvalue weighted by molar-refractivity contribution is 5.90. The normalized spacial score (nSPS) is 19.1. The number of rotatable bonds is 8. The second kappa shape index (κ2) is 10.1. The number of hydrogen-bond donors (Lipinski definition) is 2. The first-order valence-corrected chi connectivity index (χ1v) is 12.0. The minimum absolute atomic E-state index is 0.0632. The summed E-state index contributed by atoms with van der Waals surface area (Å²) in [6.07, 6.45) is -0.0468. The average molecular weight is 481 g/mol. The Morgan fingerprint density at radius 1 is 1.06 bits per heavy atom. The van der Waals surface area contributed by atoms with Crippen LogP contribution in [0.2, 0.25) is 0 Å². The zero-order valence-electron chi connectivity index (χ0n) is 20.3. The largest absolute Gasteiger partial charge is 0.481 e. The quantitative estimate of drug-likeness (QED) is 0.598. The van der Waals surface area contributed by atoms with E-state index >= 15 is 0 Å². The lowest BCUT2D eigenvalue weighted by Gasteiger charge is -2.36. The van der Waals surface area contributed by atoms with Crippen molar-refractivity contribution in [3.05, 3.63) is 59.7 Å². The lowest BCUT2D eigenvalue weighted by Crippen LogP contribution is -2.60. The number of nitrogens with one attached hydrogen (secondary N) is 1. The lowest BCUT2D eigenvalue weighted by atomic mass is 9.97. The molecule has 35 heavy (non-hydrogen) atoms. The lowest BCUT2D eigenvalue weighted by molar-refractivity contribution is -0.147. The van der Waals surface area contributed by atoms with Crippen LogP contribution in [0.15, 0.2) is 48.5 Å². The van der Waals surface area contributed by atoms with Crippen molar-refractivity contribution in [3.63, 3.8) is 0 Å². The van der Waals surface area contributed by atoms with Gasteiger partial charge in [0, 0.05) is 12.5 Å². The Balaban J connectivity index is 1.44. The van der Waals surface area contributed by atoms with Gasteiger partial charge in [0.25, 0.3) is 0 Å². The average Bonchev–Trinajstić information content (AvgIpc) is 3.44. The fourth-order valence-electron chi connectivity index (χ4n) is 5.05. The Kier molecular flexibility index (Phi) is 7.12. The van der Waals surface area contributed by atoms with Gasteiger partial charge < -0.3 is 24.8 Å². The van der Waals surface area contributed by atoms with E-state index in [1.165, 1.54) is 4.90 Å². The molecule has 1 fully saturated rings. The highest BCUT2D eigenvalue weighted by atomic mass is 16.5. The van der Waals surface area contributed by atoms with Gasteiger partial charge in [0.05, 0.1) is 19.3 Å². The summed E-state index contributed by atoms with van der Waals surface area (Å²) in [5, 5.41) is 12.2. The molecule has 1 aliphatic carbocycles. The highest BCUT2D eigenvalue weighted by Gasteiger charge is 2.44. The Morgan fingerprint density at radius 2 is 1.66 bits per heavy atom. The summed E-state index contributed by atoms with van der Waals surface area (Å²) < 4.78 is 11.0. The van der Waals surface area contributed by atoms with Gasteiger partial charge in [-0.15, -0.1) is 0 Å². The molecule has 2 aromatic rings. The third-order valence-corrected chi connectivity index (χ3v) is 6.79. The van der Waals surface area contributed by atoms with E-state index in [1.54, 1.807) is 13.8 Å². The molecular formula is C27H32N2O6. The minimum atomic E-state index is -1.29. The molecule has 2 N–H and O–H groups in total. The predicted octanol–water partition coefficient (Wildman–Crippen LogP) is 3.64. The molecule has 1 saturated heterocycles. The monoisotopic (exact) mass is 480 g/mol. The Bertz CT molecular complexity index is 1070. The number of fused-ring (bicyclic) bond motifs is 3. The van der Waals surface area contributed by atoms with Crippen LogP contribution in [0.5, 0.6) is 0 Å². The van der Waals surface area contributed by atoms with Gasteiger partial charge in [-0.2, -0.15) is 0 Å². The van der Waals surface area contributed by atoms with Gasteiger partial charge in [-0.25, -0.2) is 4.79 Å². The number of benzene rings is 2. The Morgan fingerprint density at radius 3 is 2.23 bits per heavy atom. The molecule has 0 saturated carbocycles. The van der Waals surface area contributed by atoms with E-state index in [0.717, 1.165) is 22.3 Å². The SMILES string of the molecule is CCCN(C(=O)C(C)(C)NC(=O)OCC1c2ccccc2-c2ccccc21)C1COCC1C(=O)O. The number of alkyl carbamates (subject to hydrolysis) is 1. The van der Waals surface area contributed by atoms with Gasteiger partial charge in [-0.3, -0.25) is 9.59 Å². The second-order valence-corrected chi connectivity index (χ2v) is 9.62. The number of carboxylic acids is 1. The van der Waals surface area contributed by atoms with Crippen molar-refractivity contribution in [2.24, 2.45) is 5.92 Å². The van der Waals surface area contributed by atoms with Crippen molar-refractivity contribution in [1.29, 1.82) is 0 Å². The number of carbonyl (C=O) groups excluding carboxylic acids is 2. The van der Waals surface area contributed by atoms with Crippen LogP contribution in [0.4, 0.5) is 4.79 Å². The molecule has 1 aliphatic heterocycles. The number of carbonyl (C=O) groups is 3. The van der Waals surface area contributed by atoms with E-state index in [1.807, 2.05) is 43.3 Å². The van der Waals surface area contributed by atoms with Gasteiger partial charge in [0.15, 0.2) is 0 Å². The summed E-state index contributed by atoms with van der Waals surface area (Å²) in [7, 11) is 0. The van der Waals surface area contributed by atoms with Crippen LogP contribution in [0.3, 0.4) is 0 Å². The summed E-state index contributed by atoms with van der Waals surface area (Å²) in [6.45, 7) is 5.85. The standard InChI is InChI=1S/C27H32N2O6/c1-4-13-29(23-16-34-14-22(23)24(30)31)25(32)27(2,3)28-26(33)35-15-21-19-11-7-5-9-17(19)18-10-6-8-12-20(18)21/h5-12,21-23H,4,13-16H2,1-3H3,(H,28,33)(H,30,31). The summed E-state index contributed by atoms with van der Waals surface area (Å²) in [5.74, 6) is -2.25. The van der Waals surface area contributed by atoms with Gasteiger partial charge in [0.1, 0.15) is 18.1 Å². The Labute approximate surface area is 205 Å². The molecule has 186 valence electrons. The molecule has 2 unspecified atom stereocenters. The van der Waals surface area contributed by atoms with Crippen molar-refractivity contribution in [2.75, 3.05) is 26.4 Å². The molecule has 1 heterocycles. The van der Waals surface area contributed by atoms with Crippen molar-refractivity contribution in [1.82, 2.24) is 10.2 Å². The van der Waals surface area contributed by atoms with E-state index in [-0.39, 0.29) is 31.6 Å². The maximum absolute atomic E-state index is 13.4. The number of carboxylic acid groups (broad SMARTS) is 1. The maximum atomic E-state index is 13.4. The number of nitrogens with zero attached hydrogens (tertiary/aromatic N) is 1. The van der Waals surface area contributed by atoms with Crippen LogP contribution < -0.4 is 5.32 Å². The van der Waals surface area contributed by atoms with Crippen molar-refractivity contribution >= 4 is 18.0 Å². The highest BCUT2D eigenvalue weighted by Crippen LogP contribution is 2.44. The zero-order valence-corrected chi connectivity index (χ0v) is 20.3. The fraction of sp³-hybridized carbons (Fsp3) is 0.444. The maximum Gasteiger partial charge on any atom is 0.408 e. The van der Waals surface area contributed by atoms with E-state index in [4.69, 9.17) is 9.47 Å². The van der Waals surface area contributed by atoms with Crippen LogP contribution in [0, 0.1) is 5.92 Å². The van der Waals surface area contributed by atoms with Crippen molar-refractivity contribution in [3.8, 4) is 11.1 Å². The van der Waals surface area contributed by atoms with Crippen LogP contribution >= 0.6 is 0 Å². The van der Waals surface area contributed by atoms with Gasteiger partial charge in [0.2, 0.25) is 5.91 Å². The van der Waals surface area contributed by atoms with Gasteiger partial charge in [-0.05, 0) is 42.5 Å². The number of ether oxygens (including phenoxy) is 2. The molecule has 0 radical (unpaired) electrons. The van der Waals surface area contributed by atoms with Crippen LogP contribution in [0.1, 0.15) is 44.2 Å². The molecule has 2 aromatic carbocycles. The third kappa shape index (κ3) is 4.89. The topological polar surface area (TPSA) is 105 Å². The first kappa shape index (κ1) is 24.7. The third-order valence-electron chi connectivity index (χ3n) is 6.79. The van der Waals surface area contributed by atoms with E-state index in [0.29, 0.717) is 13.0 Å². The number of aliphatic carboxylic acids is 1. The number of amides is 2. The molecule has 0 bridgehead atoms. The molecule has 2 amide bonds. The number of hydrogen-bond acceptors (Lipinski definition) is 5. The molecule has 8 nitrogen and oxygen atoms in total.